The molecule has 0 saturated heterocycles. The normalized spacial score (nSPS) is 12.9. The fraction of sp³-hybridized carbons (Fsp3) is 0.0909. The van der Waals surface area contributed by atoms with Gasteiger partial charge in [0, 0.05) is 23.0 Å². The second-order valence-corrected chi connectivity index (χ2v) is 6.99. The number of benzene rings is 2. The molecule has 0 aliphatic rings. The van der Waals surface area contributed by atoms with Crippen molar-refractivity contribution in [2.75, 3.05) is 0 Å². The fourth-order valence-corrected chi connectivity index (χ4v) is 3.70. The molecule has 0 amide bonds. The quantitative estimate of drug-likeness (QED) is 0.567. The van der Waals surface area contributed by atoms with Crippen molar-refractivity contribution in [1.29, 1.82) is 10.5 Å². The maximum Gasteiger partial charge on any atom is 0.161 e. The van der Waals surface area contributed by atoms with Crippen LogP contribution in [0.3, 0.4) is 0 Å². The van der Waals surface area contributed by atoms with Crippen molar-refractivity contribution in [1.82, 2.24) is 14.5 Å². The second-order valence-electron chi connectivity index (χ2n) is 6.56. The molecule has 2 aromatic carbocycles. The molecule has 140 valence electrons. The number of fused-ring (bicyclic) bond motifs is 1. The number of aromatic nitrogens is 3. The summed E-state index contributed by atoms with van der Waals surface area (Å²) in [4.78, 5) is 8.54. The van der Waals surface area contributed by atoms with Gasteiger partial charge in [0.05, 0.1) is 29.3 Å². The summed E-state index contributed by atoms with van der Waals surface area (Å²) < 4.78 is 1.64. The number of rotatable bonds is 3. The molecule has 0 aliphatic heterocycles. The van der Waals surface area contributed by atoms with Crippen molar-refractivity contribution in [3.63, 3.8) is 0 Å². The highest BCUT2D eigenvalue weighted by Gasteiger charge is 2.42. The number of hydrogen-bond donors (Lipinski definition) is 1. The number of para-hydroxylation sites is 1. The van der Waals surface area contributed by atoms with E-state index in [1.165, 1.54) is 6.20 Å². The Labute approximate surface area is 171 Å². The molecule has 6 nitrogen and oxygen atoms in total. The number of nitrogens with zero attached hydrogens (tertiary/aromatic N) is 5. The Morgan fingerprint density at radius 3 is 2.41 bits per heavy atom. The van der Waals surface area contributed by atoms with Crippen LogP contribution >= 0.6 is 11.6 Å². The van der Waals surface area contributed by atoms with Gasteiger partial charge in [-0.25, -0.2) is 9.97 Å². The van der Waals surface area contributed by atoms with Crippen molar-refractivity contribution >= 4 is 22.5 Å². The first-order valence-corrected chi connectivity index (χ1v) is 9.07. The van der Waals surface area contributed by atoms with Gasteiger partial charge in [-0.05, 0) is 23.8 Å². The van der Waals surface area contributed by atoms with Crippen LogP contribution in [0.25, 0.3) is 10.9 Å². The van der Waals surface area contributed by atoms with Crippen LogP contribution in [0.5, 0.6) is 0 Å². The first kappa shape index (κ1) is 18.6. The van der Waals surface area contributed by atoms with Crippen LogP contribution in [0.1, 0.15) is 28.1 Å². The lowest BCUT2D eigenvalue weighted by molar-refractivity contribution is 0.116. The molecular formula is C22H14ClN5O. The second kappa shape index (κ2) is 7.03. The summed E-state index contributed by atoms with van der Waals surface area (Å²) in [6.07, 6.45) is 3.05. The molecule has 2 heterocycles. The lowest BCUT2D eigenvalue weighted by Crippen LogP contribution is -2.33. The van der Waals surface area contributed by atoms with E-state index >= 15 is 0 Å². The zero-order valence-corrected chi connectivity index (χ0v) is 16.1. The van der Waals surface area contributed by atoms with Gasteiger partial charge in [0.25, 0.3) is 0 Å². The van der Waals surface area contributed by atoms with E-state index in [9.17, 15) is 15.6 Å². The minimum Gasteiger partial charge on any atom is -0.374 e. The van der Waals surface area contributed by atoms with Gasteiger partial charge in [0.2, 0.25) is 0 Å². The molecule has 2 aromatic heterocycles. The van der Waals surface area contributed by atoms with Crippen LogP contribution in [0.4, 0.5) is 0 Å². The highest BCUT2D eigenvalue weighted by molar-refractivity contribution is 6.30. The van der Waals surface area contributed by atoms with Gasteiger partial charge in [-0.2, -0.15) is 10.5 Å². The molecule has 4 aromatic rings. The Kier molecular flexibility index (Phi) is 4.52. The van der Waals surface area contributed by atoms with Gasteiger partial charge in [0.1, 0.15) is 17.8 Å². The van der Waals surface area contributed by atoms with Gasteiger partial charge in [-0.3, -0.25) is 0 Å². The number of aryl methyl sites for hydroxylation is 1. The summed E-state index contributed by atoms with van der Waals surface area (Å²) in [5.74, 6) is 0. The predicted octanol–water partition coefficient (Wildman–Crippen LogP) is 3.65. The van der Waals surface area contributed by atoms with Gasteiger partial charge < -0.3 is 9.67 Å². The number of aliphatic hydroxyl groups is 1. The molecule has 0 radical (unpaired) electrons. The molecule has 1 N–H and O–H groups in total. The topological polar surface area (TPSA) is 98.5 Å². The standard InChI is InChI=1S/C22H14ClN5O/c1-28-13-26-12-20(28)22(29,14-6-8-15(23)9-7-14)21-17(10-24)16-4-2-3-5-18(16)27-19(21)11-25/h2-9,12-13,29H,1H3. The molecule has 7 heteroatoms. The highest BCUT2D eigenvalue weighted by atomic mass is 35.5. The van der Waals surface area contributed by atoms with Crippen LogP contribution in [-0.4, -0.2) is 19.6 Å². The van der Waals surface area contributed by atoms with Crippen LogP contribution in [0.15, 0.2) is 61.1 Å². The number of imidazole rings is 1. The minimum atomic E-state index is -1.84. The van der Waals surface area contributed by atoms with E-state index in [2.05, 4.69) is 22.1 Å². The molecular weight excluding hydrogens is 386 g/mol. The van der Waals surface area contributed by atoms with Crippen molar-refractivity contribution in [2.45, 2.75) is 5.60 Å². The fourth-order valence-electron chi connectivity index (χ4n) is 3.58. The van der Waals surface area contributed by atoms with Crippen LogP contribution in [0, 0.1) is 22.7 Å². The summed E-state index contributed by atoms with van der Waals surface area (Å²) in [5, 5.41) is 33.0. The van der Waals surface area contributed by atoms with E-state index < -0.39 is 5.60 Å². The van der Waals surface area contributed by atoms with Gasteiger partial charge in [0.15, 0.2) is 5.60 Å². The van der Waals surface area contributed by atoms with E-state index in [1.54, 1.807) is 66.5 Å². The van der Waals surface area contributed by atoms with E-state index in [0.717, 1.165) is 0 Å². The summed E-state index contributed by atoms with van der Waals surface area (Å²) in [6.45, 7) is 0. The molecule has 1 unspecified atom stereocenters. The largest absolute Gasteiger partial charge is 0.374 e. The Hall–Kier alpha value is -3.71. The highest BCUT2D eigenvalue weighted by Crippen LogP contribution is 2.41. The SMILES string of the molecule is Cn1cncc1C(O)(c1ccc(Cl)cc1)c1c(C#N)nc2ccccc2c1C#N. The summed E-state index contributed by atoms with van der Waals surface area (Å²) in [6, 6.07) is 17.9. The van der Waals surface area contributed by atoms with Crippen molar-refractivity contribution in [3.05, 3.63) is 94.2 Å². The van der Waals surface area contributed by atoms with Crippen LogP contribution in [0.2, 0.25) is 5.02 Å². The molecule has 4 rings (SSSR count). The van der Waals surface area contributed by atoms with Crippen molar-refractivity contribution in [3.8, 4) is 12.1 Å². The predicted molar refractivity (Wildman–Crippen MR) is 108 cm³/mol. The molecule has 0 aliphatic carbocycles. The third-order valence-corrected chi connectivity index (χ3v) is 5.17. The number of halogens is 1. The third kappa shape index (κ3) is 2.83. The average molecular weight is 400 g/mol. The first-order valence-electron chi connectivity index (χ1n) is 8.69. The van der Waals surface area contributed by atoms with Crippen LogP contribution in [-0.2, 0) is 12.6 Å². The number of nitriles is 2. The molecule has 1 atom stereocenters. The van der Waals surface area contributed by atoms with Gasteiger partial charge >= 0.3 is 0 Å². The Morgan fingerprint density at radius 2 is 1.79 bits per heavy atom. The van der Waals surface area contributed by atoms with E-state index in [1.807, 2.05) is 0 Å². The lowest BCUT2D eigenvalue weighted by atomic mass is 9.79. The van der Waals surface area contributed by atoms with Crippen molar-refractivity contribution < 1.29 is 5.11 Å². The number of hydrogen-bond acceptors (Lipinski definition) is 5. The monoisotopic (exact) mass is 399 g/mol. The summed E-state index contributed by atoms with van der Waals surface area (Å²) in [7, 11) is 1.73. The minimum absolute atomic E-state index is 0.0288. The zero-order chi connectivity index (χ0) is 20.6. The Bertz CT molecular complexity index is 1310. The molecule has 0 bridgehead atoms. The maximum atomic E-state index is 12.1. The van der Waals surface area contributed by atoms with Gasteiger partial charge in [-0.15, -0.1) is 0 Å². The molecule has 0 fully saturated rings. The zero-order valence-electron chi connectivity index (χ0n) is 15.3. The first-order chi connectivity index (χ1) is 14.0. The maximum absolute atomic E-state index is 12.1. The third-order valence-electron chi connectivity index (χ3n) is 4.92. The molecule has 0 spiro atoms. The lowest BCUT2D eigenvalue weighted by Gasteiger charge is -2.31. The van der Waals surface area contributed by atoms with Gasteiger partial charge in [-0.1, -0.05) is 41.9 Å². The van der Waals surface area contributed by atoms with E-state index in [-0.39, 0.29) is 16.8 Å². The Balaban J connectivity index is 2.19. The van der Waals surface area contributed by atoms with Crippen molar-refractivity contribution in [2.24, 2.45) is 7.05 Å². The average Bonchev–Trinajstić information content (AvgIpc) is 3.18. The molecule has 29 heavy (non-hydrogen) atoms. The smallest absolute Gasteiger partial charge is 0.161 e. The summed E-state index contributed by atoms with van der Waals surface area (Å²) >= 11 is 6.04. The Morgan fingerprint density at radius 1 is 1.07 bits per heavy atom. The number of pyridine rings is 1. The van der Waals surface area contributed by atoms with Crippen LogP contribution < -0.4 is 0 Å². The van der Waals surface area contributed by atoms with E-state index in [4.69, 9.17) is 11.6 Å². The van der Waals surface area contributed by atoms with E-state index in [0.29, 0.717) is 27.2 Å². The summed E-state index contributed by atoms with van der Waals surface area (Å²) in [5.41, 5.74) is -0.228. The molecule has 0 saturated carbocycles.